The minimum atomic E-state index is -0.212. The lowest BCUT2D eigenvalue weighted by Gasteiger charge is -2.18. The Morgan fingerprint density at radius 1 is 1.32 bits per heavy atom. The van der Waals surface area contributed by atoms with E-state index in [0.29, 0.717) is 23.5 Å². The molecule has 0 saturated carbocycles. The summed E-state index contributed by atoms with van der Waals surface area (Å²) in [6.45, 7) is 5.94. The van der Waals surface area contributed by atoms with E-state index in [9.17, 15) is 9.59 Å². The van der Waals surface area contributed by atoms with Crippen LogP contribution in [0.25, 0.3) is 0 Å². The molecule has 4 nitrogen and oxygen atoms in total. The molecule has 5 heteroatoms. The molecule has 2 heterocycles. The van der Waals surface area contributed by atoms with Crippen molar-refractivity contribution < 1.29 is 9.59 Å². The highest BCUT2D eigenvalue weighted by molar-refractivity contribution is 8.00. The molecule has 0 bridgehead atoms. The van der Waals surface area contributed by atoms with Crippen LogP contribution in [0.5, 0.6) is 0 Å². The predicted molar refractivity (Wildman–Crippen MR) is 78.4 cm³/mol. The third-order valence-corrected chi connectivity index (χ3v) is 5.43. The van der Waals surface area contributed by atoms with Gasteiger partial charge in [-0.15, -0.1) is 0 Å². The fourth-order valence-corrected chi connectivity index (χ4v) is 4.19. The smallest absolute Gasteiger partial charge is 0.315 e. The average molecular weight is 284 g/mol. The minimum absolute atomic E-state index is 0.0248. The van der Waals surface area contributed by atoms with Gasteiger partial charge in [-0.05, 0) is 12.8 Å². The number of Topliss-reactive ketones (excluding diaryl/α,β-unsaturated/α-hetero) is 1. The van der Waals surface area contributed by atoms with Crippen LogP contribution in [-0.2, 0) is 4.79 Å². The molecular formula is C14H24N2O2S. The van der Waals surface area contributed by atoms with Crippen molar-refractivity contribution in [2.24, 2.45) is 5.41 Å². The van der Waals surface area contributed by atoms with Crippen molar-refractivity contribution in [1.82, 2.24) is 10.6 Å². The summed E-state index contributed by atoms with van der Waals surface area (Å²) >= 11 is 1.94. The highest BCUT2D eigenvalue weighted by Gasteiger charge is 2.42. The second kappa shape index (κ2) is 5.73. The van der Waals surface area contributed by atoms with Gasteiger partial charge in [-0.2, -0.15) is 11.8 Å². The van der Waals surface area contributed by atoms with Gasteiger partial charge in [0, 0.05) is 22.8 Å². The highest BCUT2D eigenvalue weighted by atomic mass is 32.2. The van der Waals surface area contributed by atoms with Gasteiger partial charge in [0.05, 0.1) is 12.1 Å². The van der Waals surface area contributed by atoms with Gasteiger partial charge in [0.2, 0.25) is 0 Å². The lowest BCUT2D eigenvalue weighted by molar-refractivity contribution is -0.126. The Morgan fingerprint density at radius 2 is 2.05 bits per heavy atom. The lowest BCUT2D eigenvalue weighted by atomic mass is 9.87. The van der Waals surface area contributed by atoms with E-state index < -0.39 is 0 Å². The summed E-state index contributed by atoms with van der Waals surface area (Å²) in [6.07, 6.45) is 3.80. The third kappa shape index (κ3) is 3.65. The Kier molecular flexibility index (Phi) is 4.43. The van der Waals surface area contributed by atoms with Crippen molar-refractivity contribution in [2.45, 2.75) is 63.8 Å². The monoisotopic (exact) mass is 284 g/mol. The molecule has 2 amide bonds. The summed E-state index contributed by atoms with van der Waals surface area (Å²) in [7, 11) is 0. The molecule has 2 saturated heterocycles. The van der Waals surface area contributed by atoms with E-state index in [1.54, 1.807) is 0 Å². The SMILES string of the molecule is CC(C)(C)C(=O)CCCCC1SC[C@H]2NC(=O)N[C@@H]12. The molecule has 0 aromatic carbocycles. The number of nitrogens with one attached hydrogen (secondary N) is 2. The zero-order valence-corrected chi connectivity index (χ0v) is 12.8. The van der Waals surface area contributed by atoms with Crippen molar-refractivity contribution in [2.75, 3.05) is 5.75 Å². The summed E-state index contributed by atoms with van der Waals surface area (Å²) in [6, 6.07) is 0.567. The Labute approximate surface area is 119 Å². The first-order chi connectivity index (χ1) is 8.88. The Bertz CT molecular complexity index is 365. The van der Waals surface area contributed by atoms with Gasteiger partial charge in [0.15, 0.2) is 0 Å². The molecule has 2 aliphatic rings. The molecule has 0 aromatic heterocycles. The van der Waals surface area contributed by atoms with Crippen molar-refractivity contribution >= 4 is 23.6 Å². The Hall–Kier alpha value is -0.710. The first kappa shape index (κ1) is 14.7. The molecule has 0 aliphatic carbocycles. The third-order valence-electron chi connectivity index (χ3n) is 3.92. The fraction of sp³-hybridized carbons (Fsp3) is 0.857. The standard InChI is InChI=1S/C14H24N2O2S/c1-14(2,3)11(17)7-5-4-6-10-12-9(8-19-10)15-13(18)16-12/h9-10,12H,4-8H2,1-3H3,(H2,15,16,18)/t9-,10?,12-/m1/s1. The molecule has 0 aromatic rings. The number of fused-ring (bicyclic) bond motifs is 1. The Balaban J connectivity index is 1.67. The number of carbonyl (C=O) groups is 2. The summed E-state index contributed by atoms with van der Waals surface area (Å²) in [5, 5.41) is 6.46. The van der Waals surface area contributed by atoms with Gasteiger partial charge < -0.3 is 10.6 Å². The first-order valence-corrected chi connectivity index (χ1v) is 8.15. The van der Waals surface area contributed by atoms with E-state index in [-0.39, 0.29) is 17.5 Å². The first-order valence-electron chi connectivity index (χ1n) is 7.10. The maximum atomic E-state index is 11.8. The number of ketones is 1. The average Bonchev–Trinajstić information content (AvgIpc) is 2.82. The summed E-state index contributed by atoms with van der Waals surface area (Å²) in [5.74, 6) is 1.36. The number of thioether (sulfide) groups is 1. The van der Waals surface area contributed by atoms with Gasteiger partial charge in [0.25, 0.3) is 0 Å². The fourth-order valence-electron chi connectivity index (χ4n) is 2.65. The van der Waals surface area contributed by atoms with Crippen LogP contribution in [0.1, 0.15) is 46.5 Å². The molecule has 0 radical (unpaired) electrons. The summed E-state index contributed by atoms with van der Waals surface area (Å²) in [5.41, 5.74) is -0.212. The maximum Gasteiger partial charge on any atom is 0.315 e. The van der Waals surface area contributed by atoms with Crippen molar-refractivity contribution in [3.63, 3.8) is 0 Å². The van der Waals surface area contributed by atoms with Crippen LogP contribution in [-0.4, -0.2) is 34.9 Å². The van der Waals surface area contributed by atoms with E-state index in [0.717, 1.165) is 25.0 Å². The normalized spacial score (nSPS) is 29.8. The topological polar surface area (TPSA) is 58.2 Å². The molecule has 1 unspecified atom stereocenters. The van der Waals surface area contributed by atoms with Crippen molar-refractivity contribution in [1.29, 1.82) is 0 Å². The summed E-state index contributed by atoms with van der Waals surface area (Å²) in [4.78, 5) is 23.1. The number of hydrogen-bond donors (Lipinski definition) is 2. The van der Waals surface area contributed by atoms with Crippen molar-refractivity contribution in [3.8, 4) is 0 Å². The minimum Gasteiger partial charge on any atom is -0.332 e. The van der Waals surface area contributed by atoms with Crippen LogP contribution < -0.4 is 10.6 Å². The molecule has 2 rings (SSSR count). The van der Waals surface area contributed by atoms with Crippen LogP contribution in [0, 0.1) is 5.41 Å². The van der Waals surface area contributed by atoms with Gasteiger partial charge in [0.1, 0.15) is 5.78 Å². The zero-order chi connectivity index (χ0) is 14.0. The number of amides is 2. The molecule has 2 fully saturated rings. The van der Waals surface area contributed by atoms with Gasteiger partial charge >= 0.3 is 6.03 Å². The van der Waals surface area contributed by atoms with Gasteiger partial charge in [-0.3, -0.25) is 4.79 Å². The quantitative estimate of drug-likeness (QED) is 0.602. The molecule has 2 N–H and O–H groups in total. The van der Waals surface area contributed by atoms with Crippen LogP contribution >= 0.6 is 11.8 Å². The van der Waals surface area contributed by atoms with Gasteiger partial charge in [-0.1, -0.05) is 27.2 Å². The Morgan fingerprint density at radius 3 is 2.74 bits per heavy atom. The van der Waals surface area contributed by atoms with Crippen LogP contribution in [0.4, 0.5) is 4.79 Å². The van der Waals surface area contributed by atoms with E-state index in [4.69, 9.17) is 0 Å². The second-order valence-electron chi connectivity index (χ2n) is 6.54. The number of rotatable bonds is 5. The zero-order valence-electron chi connectivity index (χ0n) is 12.0. The molecule has 2 aliphatic heterocycles. The van der Waals surface area contributed by atoms with Crippen molar-refractivity contribution in [3.05, 3.63) is 0 Å². The van der Waals surface area contributed by atoms with E-state index >= 15 is 0 Å². The predicted octanol–water partition coefficient (Wildman–Crippen LogP) is 2.33. The number of unbranched alkanes of at least 4 members (excludes halogenated alkanes) is 1. The van der Waals surface area contributed by atoms with Crippen LogP contribution in [0.3, 0.4) is 0 Å². The molecule has 0 spiro atoms. The number of urea groups is 1. The van der Waals surface area contributed by atoms with E-state index in [1.165, 1.54) is 0 Å². The molecule has 19 heavy (non-hydrogen) atoms. The molecule has 108 valence electrons. The highest BCUT2D eigenvalue weighted by Crippen LogP contribution is 2.33. The van der Waals surface area contributed by atoms with E-state index in [1.807, 2.05) is 32.5 Å². The molecular weight excluding hydrogens is 260 g/mol. The maximum absolute atomic E-state index is 11.8. The number of hydrogen-bond acceptors (Lipinski definition) is 3. The van der Waals surface area contributed by atoms with Crippen LogP contribution in [0.2, 0.25) is 0 Å². The molecule has 3 atom stereocenters. The largest absolute Gasteiger partial charge is 0.332 e. The van der Waals surface area contributed by atoms with E-state index in [2.05, 4.69) is 10.6 Å². The second-order valence-corrected chi connectivity index (χ2v) is 7.81. The van der Waals surface area contributed by atoms with Gasteiger partial charge in [-0.25, -0.2) is 4.79 Å². The van der Waals surface area contributed by atoms with Crippen LogP contribution in [0.15, 0.2) is 0 Å². The lowest BCUT2D eigenvalue weighted by Crippen LogP contribution is -2.36. The number of carbonyl (C=O) groups excluding carboxylic acids is 2. The summed E-state index contributed by atoms with van der Waals surface area (Å²) < 4.78 is 0.